The maximum Gasteiger partial charge on any atom is 0.299 e. The number of likely N-dealkylation sites (tertiary alicyclic amines) is 1. The maximum atomic E-state index is 11.8. The second-order valence-corrected chi connectivity index (χ2v) is 4.54. The molecule has 94 valence electrons. The van der Waals surface area contributed by atoms with E-state index in [4.69, 9.17) is 0 Å². The smallest absolute Gasteiger partial charge is 0.299 e. The molecule has 1 amide bonds. The van der Waals surface area contributed by atoms with E-state index < -0.39 is 0 Å². The SMILES string of the molecule is CC1=NC(=O)C2=NC(N3CCCC3)=C(CO)C2=N1. The Kier molecular flexibility index (Phi) is 2.59. The molecule has 0 spiro atoms. The van der Waals surface area contributed by atoms with E-state index in [1.54, 1.807) is 6.92 Å². The second kappa shape index (κ2) is 4.13. The standard InChI is InChI=1S/C12H14N4O2/c1-7-13-9-8(6-17)11(16-4-2-3-5-16)15-10(9)12(18)14-7/h17H,2-6H2,1H3. The van der Waals surface area contributed by atoms with Crippen LogP contribution >= 0.6 is 0 Å². The van der Waals surface area contributed by atoms with Crippen molar-refractivity contribution >= 4 is 23.2 Å². The van der Waals surface area contributed by atoms with E-state index in [-0.39, 0.29) is 18.2 Å². The quantitative estimate of drug-likeness (QED) is 0.752. The molecular weight excluding hydrogens is 232 g/mol. The van der Waals surface area contributed by atoms with Gasteiger partial charge in [-0.15, -0.1) is 0 Å². The van der Waals surface area contributed by atoms with Crippen molar-refractivity contribution in [3.05, 3.63) is 11.4 Å². The van der Waals surface area contributed by atoms with Gasteiger partial charge < -0.3 is 10.0 Å². The lowest BCUT2D eigenvalue weighted by Gasteiger charge is -2.17. The third-order valence-electron chi connectivity index (χ3n) is 3.30. The van der Waals surface area contributed by atoms with Gasteiger partial charge in [0, 0.05) is 18.7 Å². The lowest BCUT2D eigenvalue weighted by atomic mass is 10.1. The van der Waals surface area contributed by atoms with Gasteiger partial charge in [-0.2, -0.15) is 4.99 Å². The van der Waals surface area contributed by atoms with Gasteiger partial charge in [-0.3, -0.25) is 4.79 Å². The number of carbonyl (C=O) groups excluding carboxylic acids is 1. The number of rotatable bonds is 2. The van der Waals surface area contributed by atoms with E-state index in [1.165, 1.54) is 0 Å². The number of carbonyl (C=O) groups is 1. The molecule has 0 aliphatic carbocycles. The van der Waals surface area contributed by atoms with Gasteiger partial charge in [-0.1, -0.05) is 0 Å². The molecule has 1 fully saturated rings. The number of aliphatic hydroxyl groups excluding tert-OH is 1. The highest BCUT2D eigenvalue weighted by Gasteiger charge is 2.35. The summed E-state index contributed by atoms with van der Waals surface area (Å²) in [5.74, 6) is 0.752. The molecule has 6 nitrogen and oxygen atoms in total. The first-order valence-electron chi connectivity index (χ1n) is 6.07. The Balaban J connectivity index is 2.05. The zero-order valence-corrected chi connectivity index (χ0v) is 10.2. The minimum absolute atomic E-state index is 0.155. The third-order valence-corrected chi connectivity index (χ3v) is 3.30. The summed E-state index contributed by atoms with van der Waals surface area (Å²) in [7, 11) is 0. The summed E-state index contributed by atoms with van der Waals surface area (Å²) in [6, 6.07) is 0. The number of amides is 1. The molecule has 0 radical (unpaired) electrons. The molecule has 1 N–H and O–H groups in total. The summed E-state index contributed by atoms with van der Waals surface area (Å²) in [6.07, 6.45) is 2.23. The van der Waals surface area contributed by atoms with Gasteiger partial charge in [0.05, 0.1) is 6.61 Å². The number of aliphatic imine (C=N–C) groups is 3. The van der Waals surface area contributed by atoms with E-state index in [1.807, 2.05) is 0 Å². The highest BCUT2D eigenvalue weighted by atomic mass is 16.3. The highest BCUT2D eigenvalue weighted by Crippen LogP contribution is 2.26. The molecule has 0 aromatic heterocycles. The average molecular weight is 246 g/mol. The molecule has 6 heteroatoms. The van der Waals surface area contributed by atoms with Crippen molar-refractivity contribution in [3.63, 3.8) is 0 Å². The van der Waals surface area contributed by atoms with Crippen molar-refractivity contribution in [3.8, 4) is 0 Å². The molecule has 1 saturated heterocycles. The van der Waals surface area contributed by atoms with Crippen molar-refractivity contribution in [1.82, 2.24) is 4.90 Å². The first-order chi connectivity index (χ1) is 8.70. The van der Waals surface area contributed by atoms with Gasteiger partial charge in [0.25, 0.3) is 5.91 Å². The fourth-order valence-corrected chi connectivity index (χ4v) is 2.47. The number of nitrogens with zero attached hydrogens (tertiary/aromatic N) is 4. The van der Waals surface area contributed by atoms with Crippen LogP contribution in [0.25, 0.3) is 0 Å². The topological polar surface area (TPSA) is 77.6 Å². The summed E-state index contributed by atoms with van der Waals surface area (Å²) in [4.78, 5) is 26.2. The Morgan fingerprint density at radius 1 is 1.17 bits per heavy atom. The molecular formula is C12H14N4O2. The predicted octanol–water partition coefficient (Wildman–Crippen LogP) is 0.140. The fourth-order valence-electron chi connectivity index (χ4n) is 2.47. The summed E-state index contributed by atoms with van der Waals surface area (Å²) >= 11 is 0. The van der Waals surface area contributed by atoms with Crippen molar-refractivity contribution in [2.24, 2.45) is 15.0 Å². The average Bonchev–Trinajstić information content (AvgIpc) is 2.93. The van der Waals surface area contributed by atoms with Crippen LogP contribution in [0.15, 0.2) is 26.4 Å². The van der Waals surface area contributed by atoms with Crippen molar-refractivity contribution < 1.29 is 9.90 Å². The van der Waals surface area contributed by atoms with Gasteiger partial charge in [0.2, 0.25) is 0 Å². The Labute approximate surface area is 104 Å². The summed E-state index contributed by atoms with van der Waals surface area (Å²) in [5.41, 5.74) is 1.41. The zero-order valence-electron chi connectivity index (χ0n) is 10.2. The van der Waals surface area contributed by atoms with Crippen LogP contribution in [0.4, 0.5) is 0 Å². The Morgan fingerprint density at radius 3 is 2.56 bits per heavy atom. The van der Waals surface area contributed by atoms with E-state index in [0.29, 0.717) is 22.9 Å². The minimum Gasteiger partial charge on any atom is -0.391 e. The Hall–Kier alpha value is -1.82. The molecule has 0 aromatic carbocycles. The first-order valence-corrected chi connectivity index (χ1v) is 6.07. The number of hydrogen-bond donors (Lipinski definition) is 1. The lowest BCUT2D eigenvalue weighted by Crippen LogP contribution is -2.27. The first kappa shape index (κ1) is 11.3. The van der Waals surface area contributed by atoms with E-state index >= 15 is 0 Å². The number of amidine groups is 1. The van der Waals surface area contributed by atoms with E-state index in [9.17, 15) is 9.90 Å². The summed E-state index contributed by atoms with van der Waals surface area (Å²) in [6.45, 7) is 3.34. The monoisotopic (exact) mass is 246 g/mol. The van der Waals surface area contributed by atoms with Gasteiger partial charge >= 0.3 is 0 Å². The molecule has 3 aliphatic rings. The van der Waals surface area contributed by atoms with Gasteiger partial charge in [0.1, 0.15) is 17.4 Å². The molecule has 3 rings (SSSR count). The summed E-state index contributed by atoms with van der Waals surface area (Å²) < 4.78 is 0. The molecule has 0 atom stereocenters. The lowest BCUT2D eigenvalue weighted by molar-refractivity contribution is -0.111. The van der Waals surface area contributed by atoms with Crippen LogP contribution < -0.4 is 0 Å². The molecule has 0 unspecified atom stereocenters. The van der Waals surface area contributed by atoms with Gasteiger partial charge in [0.15, 0.2) is 5.71 Å². The van der Waals surface area contributed by atoms with Crippen LogP contribution in [0, 0.1) is 0 Å². The van der Waals surface area contributed by atoms with Crippen molar-refractivity contribution in [2.45, 2.75) is 19.8 Å². The van der Waals surface area contributed by atoms with E-state index in [0.717, 1.165) is 25.9 Å². The van der Waals surface area contributed by atoms with Crippen LogP contribution in [-0.2, 0) is 4.79 Å². The molecule has 0 aromatic rings. The minimum atomic E-state index is -0.363. The number of aliphatic hydroxyl groups is 1. The maximum absolute atomic E-state index is 11.8. The van der Waals surface area contributed by atoms with E-state index in [2.05, 4.69) is 19.9 Å². The third kappa shape index (κ3) is 1.60. The fraction of sp³-hybridized carbons (Fsp3) is 0.500. The molecule has 18 heavy (non-hydrogen) atoms. The Bertz CT molecular complexity index is 536. The molecule has 0 saturated carbocycles. The van der Waals surface area contributed by atoms with Gasteiger partial charge in [-0.05, 0) is 19.8 Å². The van der Waals surface area contributed by atoms with Crippen LogP contribution in [-0.4, -0.2) is 52.9 Å². The van der Waals surface area contributed by atoms with Crippen LogP contribution in [0.3, 0.4) is 0 Å². The number of hydrogen-bond acceptors (Lipinski definition) is 5. The van der Waals surface area contributed by atoms with Crippen LogP contribution in [0.2, 0.25) is 0 Å². The molecule has 0 bridgehead atoms. The van der Waals surface area contributed by atoms with Crippen LogP contribution in [0.1, 0.15) is 19.8 Å². The highest BCUT2D eigenvalue weighted by molar-refractivity contribution is 6.73. The molecule has 3 aliphatic heterocycles. The largest absolute Gasteiger partial charge is 0.391 e. The zero-order chi connectivity index (χ0) is 12.7. The predicted molar refractivity (Wildman–Crippen MR) is 67.9 cm³/mol. The normalized spacial score (nSPS) is 23.1. The Morgan fingerprint density at radius 2 is 1.89 bits per heavy atom. The van der Waals surface area contributed by atoms with Gasteiger partial charge in [-0.25, -0.2) is 9.98 Å². The molecule has 3 heterocycles. The second-order valence-electron chi connectivity index (χ2n) is 4.54. The van der Waals surface area contributed by atoms with Crippen molar-refractivity contribution in [2.75, 3.05) is 19.7 Å². The number of fused-ring (bicyclic) bond motifs is 1. The summed E-state index contributed by atoms with van der Waals surface area (Å²) in [5, 5.41) is 9.52. The van der Waals surface area contributed by atoms with Crippen LogP contribution in [0.5, 0.6) is 0 Å². The van der Waals surface area contributed by atoms with Crippen molar-refractivity contribution in [1.29, 1.82) is 0 Å².